The minimum absolute atomic E-state index is 0.148. The summed E-state index contributed by atoms with van der Waals surface area (Å²) < 4.78 is 26.2. The van der Waals surface area contributed by atoms with Crippen molar-refractivity contribution >= 4 is 21.4 Å². The van der Waals surface area contributed by atoms with E-state index in [2.05, 4.69) is 9.80 Å². The third kappa shape index (κ3) is 3.63. The maximum atomic E-state index is 12.3. The van der Waals surface area contributed by atoms with Crippen LogP contribution in [0.15, 0.2) is 24.3 Å². The largest absolute Gasteiger partial charge is 0.367 e. The van der Waals surface area contributed by atoms with Gasteiger partial charge < -0.3 is 9.80 Å². The molecule has 0 radical (unpaired) electrons. The molecule has 1 fully saturated rings. The summed E-state index contributed by atoms with van der Waals surface area (Å²) in [5.74, 6) is 0.148. The fourth-order valence-electron chi connectivity index (χ4n) is 3.52. The first-order valence-electron chi connectivity index (χ1n) is 8.68. The first-order valence-corrected chi connectivity index (χ1v) is 10.3. The van der Waals surface area contributed by atoms with Gasteiger partial charge in [-0.1, -0.05) is 18.6 Å². The Morgan fingerprint density at radius 3 is 2.30 bits per heavy atom. The van der Waals surface area contributed by atoms with Crippen LogP contribution in [0.1, 0.15) is 26.2 Å². The Bertz CT molecular complexity index is 626. The molecule has 2 heterocycles. The minimum atomic E-state index is -3.20. The first-order chi connectivity index (χ1) is 11.1. The van der Waals surface area contributed by atoms with Crippen molar-refractivity contribution in [2.45, 2.75) is 26.2 Å². The second-order valence-corrected chi connectivity index (χ2v) is 8.53. The molecule has 23 heavy (non-hydrogen) atoms. The van der Waals surface area contributed by atoms with Crippen molar-refractivity contribution in [3.05, 3.63) is 24.3 Å². The smallest absolute Gasteiger partial charge is 0.235 e. The Morgan fingerprint density at radius 1 is 0.913 bits per heavy atom. The molecule has 0 unspecified atom stereocenters. The van der Waals surface area contributed by atoms with Crippen molar-refractivity contribution in [1.29, 1.82) is 0 Å². The van der Waals surface area contributed by atoms with Crippen LogP contribution in [0.5, 0.6) is 0 Å². The number of benzene rings is 1. The lowest BCUT2D eigenvalue weighted by atomic mass is 10.1. The predicted molar refractivity (Wildman–Crippen MR) is 95.8 cm³/mol. The molecule has 2 aliphatic rings. The summed E-state index contributed by atoms with van der Waals surface area (Å²) in [5, 5.41) is 0. The first kappa shape index (κ1) is 16.6. The van der Waals surface area contributed by atoms with Gasteiger partial charge in [-0.05, 0) is 45.0 Å². The molecule has 1 aromatic carbocycles. The zero-order valence-corrected chi connectivity index (χ0v) is 14.8. The summed E-state index contributed by atoms with van der Waals surface area (Å²) in [6, 6.07) is 7.89. The third-order valence-corrected chi connectivity index (χ3v) is 6.68. The number of sulfonamides is 1. The van der Waals surface area contributed by atoms with E-state index in [-0.39, 0.29) is 5.75 Å². The topological polar surface area (TPSA) is 43.9 Å². The van der Waals surface area contributed by atoms with E-state index in [0.29, 0.717) is 6.54 Å². The van der Waals surface area contributed by atoms with E-state index in [9.17, 15) is 8.42 Å². The molecular formula is C17H27N3O2S. The van der Waals surface area contributed by atoms with Gasteiger partial charge >= 0.3 is 0 Å². The van der Waals surface area contributed by atoms with Crippen LogP contribution in [0, 0.1) is 0 Å². The van der Waals surface area contributed by atoms with Crippen molar-refractivity contribution in [3.8, 4) is 0 Å². The molecule has 128 valence electrons. The van der Waals surface area contributed by atoms with Gasteiger partial charge in [0.05, 0.1) is 23.7 Å². The molecule has 1 aromatic rings. The number of fused-ring (bicyclic) bond motifs is 1. The highest BCUT2D eigenvalue weighted by Gasteiger charge is 2.29. The number of rotatable bonds is 5. The van der Waals surface area contributed by atoms with E-state index >= 15 is 0 Å². The quantitative estimate of drug-likeness (QED) is 0.826. The Hall–Kier alpha value is -1.27. The highest BCUT2D eigenvalue weighted by Crippen LogP contribution is 2.34. The lowest BCUT2D eigenvalue weighted by Gasteiger charge is -2.39. The molecule has 0 spiro atoms. The summed E-state index contributed by atoms with van der Waals surface area (Å²) in [5.41, 5.74) is 1.88. The third-order valence-electron chi connectivity index (χ3n) is 4.90. The van der Waals surface area contributed by atoms with E-state index in [1.165, 1.54) is 32.4 Å². The van der Waals surface area contributed by atoms with Gasteiger partial charge in [0.1, 0.15) is 0 Å². The molecule has 0 N–H and O–H groups in total. The van der Waals surface area contributed by atoms with Crippen LogP contribution in [-0.2, 0) is 10.0 Å². The second kappa shape index (κ2) is 7.09. The average Bonchev–Trinajstić information content (AvgIpc) is 2.60. The predicted octanol–water partition coefficient (Wildman–Crippen LogP) is 2.15. The molecule has 3 rings (SSSR count). The molecule has 0 atom stereocenters. The van der Waals surface area contributed by atoms with Gasteiger partial charge in [0.25, 0.3) is 0 Å². The summed E-state index contributed by atoms with van der Waals surface area (Å²) in [6.07, 6.45) is 3.96. The molecule has 0 saturated carbocycles. The lowest BCUT2D eigenvalue weighted by Crippen LogP contribution is -2.47. The van der Waals surface area contributed by atoms with Gasteiger partial charge in [-0.3, -0.25) is 4.31 Å². The number of hydrogen-bond acceptors (Lipinski definition) is 4. The average molecular weight is 337 g/mol. The van der Waals surface area contributed by atoms with Crippen LogP contribution in [0.3, 0.4) is 0 Å². The van der Waals surface area contributed by atoms with Gasteiger partial charge in [0, 0.05) is 19.6 Å². The summed E-state index contributed by atoms with van der Waals surface area (Å²) >= 11 is 0. The van der Waals surface area contributed by atoms with E-state index < -0.39 is 10.0 Å². The summed E-state index contributed by atoms with van der Waals surface area (Å²) in [7, 11) is -3.20. The van der Waals surface area contributed by atoms with Crippen LogP contribution < -0.4 is 9.21 Å². The van der Waals surface area contributed by atoms with Crippen LogP contribution >= 0.6 is 0 Å². The number of anilines is 2. The maximum absolute atomic E-state index is 12.3. The van der Waals surface area contributed by atoms with Crippen molar-refractivity contribution < 1.29 is 8.42 Å². The van der Waals surface area contributed by atoms with Gasteiger partial charge in [-0.25, -0.2) is 8.42 Å². The number of likely N-dealkylation sites (tertiary alicyclic amines) is 1. The number of para-hydroxylation sites is 2. The van der Waals surface area contributed by atoms with Crippen molar-refractivity contribution in [1.82, 2.24) is 4.90 Å². The van der Waals surface area contributed by atoms with E-state index in [0.717, 1.165) is 31.0 Å². The molecular weight excluding hydrogens is 310 g/mol. The van der Waals surface area contributed by atoms with Crippen LogP contribution in [-0.4, -0.2) is 58.3 Å². The second-order valence-electron chi connectivity index (χ2n) is 6.35. The lowest BCUT2D eigenvalue weighted by molar-refractivity contribution is 0.233. The molecule has 2 aliphatic heterocycles. The normalized spacial score (nSPS) is 19.7. The maximum Gasteiger partial charge on any atom is 0.235 e. The molecule has 0 amide bonds. The monoisotopic (exact) mass is 337 g/mol. The number of piperidine rings is 1. The van der Waals surface area contributed by atoms with Crippen LogP contribution in [0.2, 0.25) is 0 Å². The molecule has 0 aromatic heterocycles. The zero-order chi connectivity index (χ0) is 16.3. The van der Waals surface area contributed by atoms with Crippen LogP contribution in [0.25, 0.3) is 0 Å². The Morgan fingerprint density at radius 2 is 1.61 bits per heavy atom. The van der Waals surface area contributed by atoms with Crippen molar-refractivity contribution in [2.24, 2.45) is 0 Å². The molecule has 5 nitrogen and oxygen atoms in total. The molecule has 1 saturated heterocycles. The summed E-state index contributed by atoms with van der Waals surface area (Å²) in [4.78, 5) is 4.87. The van der Waals surface area contributed by atoms with Crippen molar-refractivity contribution in [3.63, 3.8) is 0 Å². The highest BCUT2D eigenvalue weighted by molar-refractivity contribution is 7.92. The minimum Gasteiger partial charge on any atom is -0.367 e. The van der Waals surface area contributed by atoms with E-state index in [1.54, 1.807) is 11.2 Å². The molecule has 0 bridgehead atoms. The Labute approximate surface area is 139 Å². The van der Waals surface area contributed by atoms with Crippen LogP contribution in [0.4, 0.5) is 11.4 Å². The van der Waals surface area contributed by atoms with E-state index in [4.69, 9.17) is 0 Å². The number of hydrogen-bond donors (Lipinski definition) is 0. The van der Waals surface area contributed by atoms with E-state index in [1.807, 2.05) is 24.3 Å². The fraction of sp³-hybridized carbons (Fsp3) is 0.647. The Balaban J connectivity index is 1.74. The Kier molecular flexibility index (Phi) is 5.11. The van der Waals surface area contributed by atoms with Gasteiger partial charge in [-0.2, -0.15) is 0 Å². The van der Waals surface area contributed by atoms with Crippen molar-refractivity contribution in [2.75, 3.05) is 54.2 Å². The molecule has 0 aliphatic carbocycles. The van der Waals surface area contributed by atoms with Gasteiger partial charge in [0.15, 0.2) is 0 Å². The zero-order valence-electron chi connectivity index (χ0n) is 13.9. The van der Waals surface area contributed by atoms with Gasteiger partial charge in [0.2, 0.25) is 10.0 Å². The fourth-order valence-corrected chi connectivity index (χ4v) is 4.64. The molecule has 6 heteroatoms. The highest BCUT2D eigenvalue weighted by atomic mass is 32.2. The number of nitrogens with zero attached hydrogens (tertiary/aromatic N) is 3. The SMILES string of the molecule is CCS(=O)(=O)N1CCN(CCN2CCCCC2)c2ccccc21. The summed E-state index contributed by atoms with van der Waals surface area (Å²) in [6.45, 7) is 7.46. The van der Waals surface area contributed by atoms with Gasteiger partial charge in [-0.15, -0.1) is 0 Å². The standard InChI is InChI=1S/C17H27N3O2S/c1-2-23(21,22)20-15-14-19(16-8-4-5-9-17(16)20)13-12-18-10-6-3-7-11-18/h4-5,8-9H,2-3,6-7,10-15H2,1H3.